The standard InChI is InChI=1S/C15H21NO4/c17-8-11-19-9-3-7-16-15(18)13-6-10-20-14-5-2-1-4-12(13)14/h1-2,4-5,13,17H,3,6-11H2,(H,16,18). The molecule has 0 saturated heterocycles. The van der Waals surface area contributed by atoms with Gasteiger partial charge >= 0.3 is 0 Å². The second-order valence-corrected chi connectivity index (χ2v) is 4.71. The first-order valence-corrected chi connectivity index (χ1v) is 7.01. The van der Waals surface area contributed by atoms with Crippen LogP contribution in [0.4, 0.5) is 0 Å². The largest absolute Gasteiger partial charge is 0.493 e. The third kappa shape index (κ3) is 3.95. The fourth-order valence-corrected chi connectivity index (χ4v) is 2.29. The smallest absolute Gasteiger partial charge is 0.227 e. The van der Waals surface area contributed by atoms with Crippen LogP contribution < -0.4 is 10.1 Å². The molecule has 0 fully saturated rings. The van der Waals surface area contributed by atoms with E-state index >= 15 is 0 Å². The lowest BCUT2D eigenvalue weighted by Crippen LogP contribution is -2.33. The van der Waals surface area contributed by atoms with Crippen LogP contribution in [0.5, 0.6) is 5.75 Å². The summed E-state index contributed by atoms with van der Waals surface area (Å²) in [5.74, 6) is 0.728. The van der Waals surface area contributed by atoms with Crippen molar-refractivity contribution < 1.29 is 19.4 Å². The molecule has 1 unspecified atom stereocenters. The molecular formula is C15H21NO4. The maximum Gasteiger partial charge on any atom is 0.227 e. The molecule has 0 saturated carbocycles. The summed E-state index contributed by atoms with van der Waals surface area (Å²) in [6.45, 7) is 2.09. The van der Waals surface area contributed by atoms with Gasteiger partial charge in [0.05, 0.1) is 25.7 Å². The number of fused-ring (bicyclic) bond motifs is 1. The van der Waals surface area contributed by atoms with E-state index < -0.39 is 0 Å². The van der Waals surface area contributed by atoms with Gasteiger partial charge in [0.15, 0.2) is 0 Å². The highest BCUT2D eigenvalue weighted by molar-refractivity contribution is 5.84. The highest BCUT2D eigenvalue weighted by atomic mass is 16.5. The van der Waals surface area contributed by atoms with Crippen molar-refractivity contribution in [3.8, 4) is 5.75 Å². The summed E-state index contributed by atoms with van der Waals surface area (Å²) in [5.41, 5.74) is 0.966. The Morgan fingerprint density at radius 2 is 2.25 bits per heavy atom. The minimum Gasteiger partial charge on any atom is -0.493 e. The number of rotatable bonds is 7. The molecule has 2 N–H and O–H groups in total. The number of hydrogen-bond acceptors (Lipinski definition) is 4. The number of amides is 1. The Balaban J connectivity index is 1.79. The van der Waals surface area contributed by atoms with Crippen molar-refractivity contribution in [2.45, 2.75) is 18.8 Å². The van der Waals surface area contributed by atoms with E-state index in [2.05, 4.69) is 5.32 Å². The molecule has 1 amide bonds. The van der Waals surface area contributed by atoms with Gasteiger partial charge in [-0.2, -0.15) is 0 Å². The normalized spacial score (nSPS) is 17.1. The zero-order valence-corrected chi connectivity index (χ0v) is 11.5. The van der Waals surface area contributed by atoms with Gasteiger partial charge in [0, 0.05) is 18.7 Å². The summed E-state index contributed by atoms with van der Waals surface area (Å²) in [4.78, 5) is 12.2. The fourth-order valence-electron chi connectivity index (χ4n) is 2.29. The van der Waals surface area contributed by atoms with Crippen LogP contribution in [0.15, 0.2) is 24.3 Å². The van der Waals surface area contributed by atoms with Gasteiger partial charge in [0.2, 0.25) is 5.91 Å². The zero-order valence-electron chi connectivity index (χ0n) is 11.5. The van der Waals surface area contributed by atoms with E-state index in [0.29, 0.717) is 32.8 Å². The fraction of sp³-hybridized carbons (Fsp3) is 0.533. The Morgan fingerprint density at radius 1 is 1.40 bits per heavy atom. The minimum absolute atomic E-state index is 0.0330. The van der Waals surface area contributed by atoms with E-state index in [1.165, 1.54) is 0 Å². The topological polar surface area (TPSA) is 67.8 Å². The van der Waals surface area contributed by atoms with Crippen LogP contribution in [0.25, 0.3) is 0 Å². The number of ether oxygens (including phenoxy) is 2. The molecule has 1 aliphatic rings. The van der Waals surface area contributed by atoms with Crippen LogP contribution in [-0.2, 0) is 9.53 Å². The molecule has 0 bridgehead atoms. The van der Waals surface area contributed by atoms with Gasteiger partial charge in [-0.3, -0.25) is 4.79 Å². The van der Waals surface area contributed by atoms with E-state index in [1.807, 2.05) is 24.3 Å². The van der Waals surface area contributed by atoms with Crippen molar-refractivity contribution in [1.82, 2.24) is 5.32 Å². The molecule has 5 heteroatoms. The van der Waals surface area contributed by atoms with Crippen LogP contribution in [0.1, 0.15) is 24.3 Å². The predicted octanol–water partition coefficient (Wildman–Crippen LogP) is 1.07. The maximum atomic E-state index is 12.2. The summed E-state index contributed by atoms with van der Waals surface area (Å²) in [7, 11) is 0. The zero-order chi connectivity index (χ0) is 14.2. The molecule has 0 aliphatic carbocycles. The van der Waals surface area contributed by atoms with Crippen LogP contribution in [0.2, 0.25) is 0 Å². The van der Waals surface area contributed by atoms with Crippen molar-refractivity contribution in [2.75, 3.05) is 33.0 Å². The summed E-state index contributed by atoms with van der Waals surface area (Å²) in [6, 6.07) is 7.69. The summed E-state index contributed by atoms with van der Waals surface area (Å²) < 4.78 is 10.7. The summed E-state index contributed by atoms with van der Waals surface area (Å²) in [6.07, 6.45) is 1.46. The second kappa shape index (κ2) is 7.87. The Hall–Kier alpha value is -1.59. The van der Waals surface area contributed by atoms with Crippen LogP contribution in [-0.4, -0.2) is 44.0 Å². The molecule has 1 aliphatic heterocycles. The summed E-state index contributed by atoms with van der Waals surface area (Å²) in [5, 5.41) is 11.5. The number of nitrogens with one attached hydrogen (secondary N) is 1. The lowest BCUT2D eigenvalue weighted by atomic mass is 9.92. The van der Waals surface area contributed by atoms with Crippen molar-refractivity contribution in [1.29, 1.82) is 0 Å². The minimum atomic E-state index is -0.127. The molecule has 1 heterocycles. The average molecular weight is 279 g/mol. The predicted molar refractivity (Wildman–Crippen MR) is 74.8 cm³/mol. The molecule has 0 radical (unpaired) electrons. The van der Waals surface area contributed by atoms with Gasteiger partial charge in [0.25, 0.3) is 0 Å². The van der Waals surface area contributed by atoms with Gasteiger partial charge in [0.1, 0.15) is 5.75 Å². The van der Waals surface area contributed by atoms with Crippen LogP contribution >= 0.6 is 0 Å². The Bertz CT molecular complexity index is 436. The van der Waals surface area contributed by atoms with Crippen molar-refractivity contribution in [2.24, 2.45) is 0 Å². The number of carbonyl (C=O) groups is 1. The van der Waals surface area contributed by atoms with E-state index in [1.54, 1.807) is 0 Å². The first-order chi connectivity index (χ1) is 9.83. The van der Waals surface area contributed by atoms with Gasteiger partial charge in [-0.1, -0.05) is 18.2 Å². The van der Waals surface area contributed by atoms with Crippen LogP contribution in [0, 0.1) is 0 Å². The molecule has 0 spiro atoms. The lowest BCUT2D eigenvalue weighted by molar-refractivity contribution is -0.123. The van der Waals surface area contributed by atoms with Crippen molar-refractivity contribution in [3.63, 3.8) is 0 Å². The van der Waals surface area contributed by atoms with Crippen molar-refractivity contribution in [3.05, 3.63) is 29.8 Å². The number of aliphatic hydroxyl groups is 1. The number of para-hydroxylation sites is 1. The van der Waals surface area contributed by atoms with E-state index in [-0.39, 0.29) is 18.4 Å². The third-order valence-corrected chi connectivity index (χ3v) is 3.28. The van der Waals surface area contributed by atoms with Gasteiger partial charge in [-0.15, -0.1) is 0 Å². The van der Waals surface area contributed by atoms with Gasteiger partial charge in [-0.05, 0) is 18.9 Å². The number of carbonyl (C=O) groups excluding carboxylic acids is 1. The monoisotopic (exact) mass is 279 g/mol. The summed E-state index contributed by atoms with van der Waals surface area (Å²) >= 11 is 0. The van der Waals surface area contributed by atoms with E-state index in [0.717, 1.165) is 17.7 Å². The quantitative estimate of drug-likeness (QED) is 0.733. The first kappa shape index (κ1) is 14.8. The van der Waals surface area contributed by atoms with E-state index in [9.17, 15) is 4.79 Å². The van der Waals surface area contributed by atoms with Crippen molar-refractivity contribution >= 4 is 5.91 Å². The van der Waals surface area contributed by atoms with Gasteiger partial charge in [-0.25, -0.2) is 0 Å². The second-order valence-electron chi connectivity index (χ2n) is 4.71. The Kier molecular flexibility index (Phi) is 5.83. The molecule has 1 atom stereocenters. The molecule has 2 rings (SSSR count). The average Bonchev–Trinajstić information content (AvgIpc) is 2.50. The lowest BCUT2D eigenvalue weighted by Gasteiger charge is -2.25. The van der Waals surface area contributed by atoms with Crippen LogP contribution in [0.3, 0.4) is 0 Å². The molecular weight excluding hydrogens is 258 g/mol. The molecule has 5 nitrogen and oxygen atoms in total. The SMILES string of the molecule is O=C(NCCCOCCO)C1CCOc2ccccc21. The Morgan fingerprint density at radius 3 is 3.10 bits per heavy atom. The highest BCUT2D eigenvalue weighted by Crippen LogP contribution is 2.33. The molecule has 0 aromatic heterocycles. The molecule has 1 aromatic carbocycles. The number of hydrogen-bond donors (Lipinski definition) is 2. The van der Waals surface area contributed by atoms with Gasteiger partial charge < -0.3 is 19.9 Å². The molecule has 110 valence electrons. The molecule has 1 aromatic rings. The molecule has 20 heavy (non-hydrogen) atoms. The number of aliphatic hydroxyl groups excluding tert-OH is 1. The number of benzene rings is 1. The Labute approximate surface area is 118 Å². The maximum absolute atomic E-state index is 12.2. The first-order valence-electron chi connectivity index (χ1n) is 7.01. The third-order valence-electron chi connectivity index (χ3n) is 3.28. The van der Waals surface area contributed by atoms with E-state index in [4.69, 9.17) is 14.6 Å². The highest BCUT2D eigenvalue weighted by Gasteiger charge is 2.26.